The standard InChI is InChI=1S/C17H28N4.CH3Cl.CH4S/c1-13-8-15(20-7-5-4-6-16(20,2)3)19-21(13)14-9-17(10-14)11-18-12-17;2*1-2/h8,14,18H,4-7,9-12H2,1-3H3;1H3;2H,1H3. The third-order valence-electron chi connectivity index (χ3n) is 6.02. The number of piperidine rings is 1. The van der Waals surface area contributed by atoms with E-state index in [2.05, 4.69) is 66.0 Å². The first-order chi connectivity index (χ1) is 12.0. The van der Waals surface area contributed by atoms with Crippen LogP contribution < -0.4 is 10.2 Å². The van der Waals surface area contributed by atoms with E-state index in [1.54, 1.807) is 6.26 Å². The van der Waals surface area contributed by atoms with Gasteiger partial charge in [0.25, 0.3) is 0 Å². The van der Waals surface area contributed by atoms with Gasteiger partial charge in [-0.25, -0.2) is 0 Å². The molecule has 6 heteroatoms. The summed E-state index contributed by atoms with van der Waals surface area (Å²) in [5.74, 6) is 1.20. The fourth-order valence-corrected chi connectivity index (χ4v) is 4.54. The number of thiol groups is 1. The molecule has 25 heavy (non-hydrogen) atoms. The fourth-order valence-electron chi connectivity index (χ4n) is 4.54. The molecule has 0 radical (unpaired) electrons. The Labute approximate surface area is 164 Å². The van der Waals surface area contributed by atoms with Gasteiger partial charge in [-0.05, 0) is 64.5 Å². The zero-order valence-electron chi connectivity index (χ0n) is 16.5. The summed E-state index contributed by atoms with van der Waals surface area (Å²) in [5.41, 5.74) is 2.20. The molecule has 0 unspecified atom stereocenters. The van der Waals surface area contributed by atoms with Gasteiger partial charge in [-0.3, -0.25) is 4.68 Å². The minimum Gasteiger partial charge on any atom is -0.350 e. The summed E-state index contributed by atoms with van der Waals surface area (Å²) in [6.07, 6.45) is 9.71. The maximum absolute atomic E-state index is 5.00. The number of rotatable bonds is 2. The number of alkyl halides is 1. The van der Waals surface area contributed by atoms with Crippen molar-refractivity contribution in [2.75, 3.05) is 37.2 Å². The fraction of sp³-hybridized carbons (Fsp3) is 0.842. The van der Waals surface area contributed by atoms with Gasteiger partial charge in [0.2, 0.25) is 0 Å². The quantitative estimate of drug-likeness (QED) is 0.587. The van der Waals surface area contributed by atoms with E-state index in [1.807, 2.05) is 0 Å². The molecular formula is C19H35ClN4S. The number of nitrogens with one attached hydrogen (secondary N) is 1. The summed E-state index contributed by atoms with van der Waals surface area (Å²) in [4.78, 5) is 2.53. The highest BCUT2D eigenvalue weighted by Crippen LogP contribution is 2.51. The van der Waals surface area contributed by atoms with E-state index < -0.39 is 0 Å². The van der Waals surface area contributed by atoms with E-state index in [0.717, 1.165) is 6.54 Å². The number of aromatic nitrogens is 2. The molecule has 3 aliphatic rings. The minimum atomic E-state index is 0.253. The molecule has 0 amide bonds. The largest absolute Gasteiger partial charge is 0.350 e. The van der Waals surface area contributed by atoms with Gasteiger partial charge >= 0.3 is 0 Å². The molecular weight excluding hydrogens is 352 g/mol. The van der Waals surface area contributed by atoms with Crippen LogP contribution in [0.2, 0.25) is 0 Å². The van der Waals surface area contributed by atoms with Crippen molar-refractivity contribution in [2.24, 2.45) is 5.41 Å². The van der Waals surface area contributed by atoms with Crippen molar-refractivity contribution in [3.05, 3.63) is 11.8 Å². The molecule has 1 spiro atoms. The first kappa shape index (κ1) is 20.9. The van der Waals surface area contributed by atoms with Gasteiger partial charge in [-0.2, -0.15) is 17.7 Å². The predicted octanol–water partition coefficient (Wildman–Crippen LogP) is 4.29. The highest BCUT2D eigenvalue weighted by Gasteiger charge is 2.49. The van der Waals surface area contributed by atoms with Gasteiger partial charge in [-0.15, -0.1) is 11.6 Å². The monoisotopic (exact) mass is 386 g/mol. The Bertz CT molecular complexity index is 546. The van der Waals surface area contributed by atoms with Crippen molar-refractivity contribution in [1.82, 2.24) is 15.1 Å². The lowest BCUT2D eigenvalue weighted by molar-refractivity contribution is 0.00156. The molecule has 3 heterocycles. The van der Waals surface area contributed by atoms with Gasteiger partial charge in [0.05, 0.1) is 6.04 Å². The van der Waals surface area contributed by atoms with Crippen molar-refractivity contribution in [1.29, 1.82) is 0 Å². The SMILES string of the molecule is CCl.CS.Cc1cc(N2CCCCC2(C)C)nn1C1CC2(CNC2)C1. The zero-order chi connectivity index (χ0) is 18.7. The van der Waals surface area contributed by atoms with Crippen molar-refractivity contribution in [3.8, 4) is 0 Å². The Morgan fingerprint density at radius 1 is 1.20 bits per heavy atom. The van der Waals surface area contributed by atoms with E-state index in [-0.39, 0.29) is 5.54 Å². The number of aryl methyl sites for hydroxylation is 1. The van der Waals surface area contributed by atoms with Crippen LogP contribution in [0.3, 0.4) is 0 Å². The van der Waals surface area contributed by atoms with Crippen LogP contribution in [-0.4, -0.2) is 47.6 Å². The van der Waals surface area contributed by atoms with Crippen LogP contribution in [0.25, 0.3) is 0 Å². The smallest absolute Gasteiger partial charge is 0.151 e. The average molecular weight is 387 g/mol. The Balaban J connectivity index is 0.000000528. The molecule has 4 rings (SSSR count). The van der Waals surface area contributed by atoms with Crippen LogP contribution in [0.5, 0.6) is 0 Å². The first-order valence-electron chi connectivity index (χ1n) is 9.36. The Morgan fingerprint density at radius 3 is 2.36 bits per heavy atom. The van der Waals surface area contributed by atoms with Gasteiger partial charge in [0.1, 0.15) is 0 Å². The molecule has 0 aromatic carbocycles. The first-order valence-corrected chi connectivity index (χ1v) is 11.0. The van der Waals surface area contributed by atoms with Crippen molar-refractivity contribution < 1.29 is 0 Å². The van der Waals surface area contributed by atoms with Crippen LogP contribution in [0.15, 0.2) is 6.07 Å². The second-order valence-electron chi connectivity index (χ2n) is 8.18. The topological polar surface area (TPSA) is 33.1 Å². The summed E-state index contributed by atoms with van der Waals surface area (Å²) in [5, 5.41) is 8.42. The normalized spacial score (nSPS) is 23.6. The van der Waals surface area contributed by atoms with E-state index in [0.29, 0.717) is 11.5 Å². The van der Waals surface area contributed by atoms with E-state index in [1.165, 1.54) is 63.1 Å². The molecule has 1 aliphatic carbocycles. The molecule has 0 atom stereocenters. The van der Waals surface area contributed by atoms with E-state index in [9.17, 15) is 0 Å². The summed E-state index contributed by atoms with van der Waals surface area (Å²) in [6, 6.07) is 2.94. The lowest BCUT2D eigenvalue weighted by Crippen LogP contribution is -2.60. The van der Waals surface area contributed by atoms with E-state index >= 15 is 0 Å². The molecule has 2 aliphatic heterocycles. The van der Waals surface area contributed by atoms with E-state index in [4.69, 9.17) is 5.10 Å². The highest BCUT2D eigenvalue weighted by atomic mass is 35.5. The molecule has 1 saturated carbocycles. The molecule has 2 saturated heterocycles. The molecule has 3 fully saturated rings. The molecule has 0 bridgehead atoms. The van der Waals surface area contributed by atoms with Crippen molar-refractivity contribution in [3.63, 3.8) is 0 Å². The van der Waals surface area contributed by atoms with Crippen LogP contribution >= 0.6 is 24.2 Å². The van der Waals surface area contributed by atoms with Crippen molar-refractivity contribution >= 4 is 30.0 Å². The Hall–Kier alpha value is -0.390. The van der Waals surface area contributed by atoms with Gasteiger partial charge in [0.15, 0.2) is 5.82 Å². The summed E-state index contributed by atoms with van der Waals surface area (Å²) < 4.78 is 2.31. The number of nitrogens with zero attached hydrogens (tertiary/aromatic N) is 3. The maximum Gasteiger partial charge on any atom is 0.151 e. The second-order valence-corrected chi connectivity index (χ2v) is 8.18. The number of halogens is 1. The van der Waals surface area contributed by atoms with Crippen LogP contribution in [-0.2, 0) is 0 Å². The third-order valence-corrected chi connectivity index (χ3v) is 6.02. The van der Waals surface area contributed by atoms with Gasteiger partial charge in [0, 0.05) is 43.3 Å². The highest BCUT2D eigenvalue weighted by molar-refractivity contribution is 7.79. The van der Waals surface area contributed by atoms with Crippen LogP contribution in [0.1, 0.15) is 57.7 Å². The van der Waals surface area contributed by atoms with Crippen LogP contribution in [0.4, 0.5) is 5.82 Å². The number of hydrogen-bond donors (Lipinski definition) is 2. The number of anilines is 1. The summed E-state index contributed by atoms with van der Waals surface area (Å²) in [6.45, 7) is 10.5. The molecule has 4 nitrogen and oxygen atoms in total. The maximum atomic E-state index is 5.00. The zero-order valence-corrected chi connectivity index (χ0v) is 18.1. The molecule has 1 aromatic rings. The number of hydrogen-bond acceptors (Lipinski definition) is 4. The minimum absolute atomic E-state index is 0.253. The lowest BCUT2D eigenvalue weighted by atomic mass is 9.62. The predicted molar refractivity (Wildman–Crippen MR) is 113 cm³/mol. The Morgan fingerprint density at radius 2 is 1.84 bits per heavy atom. The average Bonchev–Trinajstić information content (AvgIpc) is 2.90. The molecule has 144 valence electrons. The third kappa shape index (κ3) is 4.14. The summed E-state index contributed by atoms with van der Waals surface area (Å²) >= 11 is 8.17. The molecule has 1 aromatic heterocycles. The Kier molecular flexibility index (Phi) is 7.14. The van der Waals surface area contributed by atoms with Crippen LogP contribution in [0, 0.1) is 12.3 Å². The van der Waals surface area contributed by atoms with Gasteiger partial charge < -0.3 is 10.2 Å². The second kappa shape index (κ2) is 8.53. The lowest BCUT2D eigenvalue weighted by Gasteiger charge is -2.54. The molecule has 1 N–H and O–H groups in total. The summed E-state index contributed by atoms with van der Waals surface area (Å²) in [7, 11) is 0. The van der Waals surface area contributed by atoms with Crippen molar-refractivity contribution in [2.45, 2.75) is 64.5 Å². The van der Waals surface area contributed by atoms with Gasteiger partial charge in [-0.1, -0.05) is 0 Å².